The van der Waals surface area contributed by atoms with Crippen molar-refractivity contribution in [2.45, 2.75) is 50.6 Å². The molecule has 2 aliphatic heterocycles. The van der Waals surface area contributed by atoms with Gasteiger partial charge in [0.05, 0.1) is 24.7 Å². The van der Waals surface area contributed by atoms with Crippen molar-refractivity contribution in [1.29, 1.82) is 0 Å². The molecule has 4 aromatic carbocycles. The molecule has 1 aromatic heterocycles. The number of anilines is 2. The van der Waals surface area contributed by atoms with Gasteiger partial charge in [-0.1, -0.05) is 72.8 Å². The van der Waals surface area contributed by atoms with Gasteiger partial charge in [-0.05, 0) is 78.8 Å². The zero-order chi connectivity index (χ0) is 35.2. The van der Waals surface area contributed by atoms with Crippen LogP contribution in [0.3, 0.4) is 0 Å². The van der Waals surface area contributed by atoms with E-state index in [1.807, 2.05) is 109 Å². The van der Waals surface area contributed by atoms with Gasteiger partial charge < -0.3 is 25.4 Å². The molecule has 3 N–H and O–H groups in total. The van der Waals surface area contributed by atoms with Gasteiger partial charge in [-0.2, -0.15) is 0 Å². The minimum Gasteiger partial charge on any atom is -0.338 e. The van der Waals surface area contributed by atoms with Crippen LogP contribution in [0.1, 0.15) is 36.8 Å². The molecule has 5 aromatic rings. The van der Waals surface area contributed by atoms with Crippen molar-refractivity contribution in [3.8, 4) is 22.6 Å². The van der Waals surface area contributed by atoms with Gasteiger partial charge in [0, 0.05) is 30.0 Å². The molecule has 0 unspecified atom stereocenters. The Labute approximate surface area is 296 Å². The monoisotopic (exact) mass is 680 g/mol. The molecule has 3 heterocycles. The van der Waals surface area contributed by atoms with Crippen LogP contribution >= 0.6 is 0 Å². The van der Waals surface area contributed by atoms with Gasteiger partial charge in [0.25, 0.3) is 0 Å². The number of nitrogens with one attached hydrogen (secondary N) is 3. The number of likely N-dealkylation sites (tertiary alicyclic amines) is 2. The zero-order valence-electron chi connectivity index (χ0n) is 28.3. The largest absolute Gasteiger partial charge is 0.338 e. The van der Waals surface area contributed by atoms with Crippen LogP contribution in [0.15, 0.2) is 115 Å². The number of aromatic nitrogens is 2. The number of rotatable bonds is 10. The highest BCUT2D eigenvalue weighted by molar-refractivity contribution is 5.99. The Morgan fingerprint density at radius 3 is 1.53 bits per heavy atom. The first kappa shape index (κ1) is 33.5. The normalized spacial score (nSPS) is 16.9. The van der Waals surface area contributed by atoms with E-state index in [2.05, 4.69) is 20.6 Å². The molecular formula is C41H40N6O4. The number of carbonyl (C=O) groups excluding carboxylic acids is 4. The third kappa shape index (κ3) is 7.91. The number of carbonyl (C=O) groups is 4. The highest BCUT2D eigenvalue weighted by Gasteiger charge is 2.35. The van der Waals surface area contributed by atoms with Crippen LogP contribution in [0.5, 0.6) is 0 Å². The summed E-state index contributed by atoms with van der Waals surface area (Å²) in [6.45, 7) is 1.16. The van der Waals surface area contributed by atoms with E-state index < -0.39 is 12.1 Å². The number of imidazole rings is 1. The molecule has 0 spiro atoms. The maximum atomic E-state index is 13.2. The fourth-order valence-corrected chi connectivity index (χ4v) is 6.93. The summed E-state index contributed by atoms with van der Waals surface area (Å²) in [6.07, 6.45) is 5.20. The summed E-state index contributed by atoms with van der Waals surface area (Å²) in [4.78, 5) is 63.7. The molecule has 0 radical (unpaired) electrons. The van der Waals surface area contributed by atoms with E-state index >= 15 is 0 Å². The molecule has 2 atom stereocenters. The third-order valence-electron chi connectivity index (χ3n) is 9.61. The molecule has 10 heteroatoms. The second-order valence-corrected chi connectivity index (χ2v) is 13.1. The Morgan fingerprint density at radius 1 is 0.608 bits per heavy atom. The van der Waals surface area contributed by atoms with E-state index in [9.17, 15) is 19.2 Å². The number of amides is 4. The van der Waals surface area contributed by atoms with E-state index in [4.69, 9.17) is 0 Å². The fraction of sp³-hybridized carbons (Fsp3) is 0.244. The van der Waals surface area contributed by atoms with Crippen LogP contribution in [0.25, 0.3) is 22.6 Å². The van der Waals surface area contributed by atoms with E-state index in [0.717, 1.165) is 40.8 Å². The summed E-state index contributed by atoms with van der Waals surface area (Å²) in [6, 6.07) is 33.2. The van der Waals surface area contributed by atoms with Gasteiger partial charge in [0.1, 0.15) is 17.9 Å². The van der Waals surface area contributed by atoms with Crippen molar-refractivity contribution in [3.05, 3.63) is 127 Å². The second kappa shape index (κ2) is 15.2. The average molecular weight is 681 g/mol. The minimum atomic E-state index is -0.486. The molecule has 0 bridgehead atoms. The van der Waals surface area contributed by atoms with Gasteiger partial charge in [0.2, 0.25) is 23.6 Å². The molecule has 258 valence electrons. The molecule has 7 rings (SSSR count). The molecule has 0 saturated carbocycles. The fourth-order valence-electron chi connectivity index (χ4n) is 6.93. The SMILES string of the molecule is O=C(Nc1ccc(-c2cnc(-c3ccc(NC(=O)[C@@H]4CCCN4C(=O)Cc4ccccc4)cc3)[nH]2)cc1)[C@@H]1CCCN1C(=O)Cc1ccccc1. The Hall–Kier alpha value is -6.03. The highest BCUT2D eigenvalue weighted by atomic mass is 16.2. The third-order valence-corrected chi connectivity index (χ3v) is 9.61. The van der Waals surface area contributed by atoms with Crippen LogP contribution in [0.2, 0.25) is 0 Å². The molecule has 51 heavy (non-hydrogen) atoms. The van der Waals surface area contributed by atoms with Crippen LogP contribution in [-0.4, -0.2) is 68.6 Å². The van der Waals surface area contributed by atoms with Gasteiger partial charge in [0.15, 0.2) is 0 Å². The van der Waals surface area contributed by atoms with Gasteiger partial charge in [-0.25, -0.2) is 4.98 Å². The van der Waals surface area contributed by atoms with Crippen molar-refractivity contribution in [2.75, 3.05) is 23.7 Å². The van der Waals surface area contributed by atoms with E-state index in [0.29, 0.717) is 43.1 Å². The van der Waals surface area contributed by atoms with Gasteiger partial charge in [-0.3, -0.25) is 19.2 Å². The predicted molar refractivity (Wildman–Crippen MR) is 196 cm³/mol. The summed E-state index contributed by atoms with van der Waals surface area (Å²) in [7, 11) is 0. The topological polar surface area (TPSA) is 128 Å². The zero-order valence-corrected chi connectivity index (χ0v) is 28.3. The number of H-pyrrole nitrogens is 1. The van der Waals surface area contributed by atoms with Crippen LogP contribution < -0.4 is 10.6 Å². The molecule has 0 aliphatic carbocycles. The average Bonchev–Trinajstić information content (AvgIpc) is 3.95. The summed E-state index contributed by atoms with van der Waals surface area (Å²) in [5, 5.41) is 5.97. The lowest BCUT2D eigenvalue weighted by Gasteiger charge is -2.24. The van der Waals surface area contributed by atoms with Crippen LogP contribution in [0.4, 0.5) is 11.4 Å². The Morgan fingerprint density at radius 2 is 1.06 bits per heavy atom. The summed E-state index contributed by atoms with van der Waals surface area (Å²) in [5.74, 6) is 0.244. The van der Waals surface area contributed by atoms with E-state index in [1.54, 1.807) is 16.0 Å². The van der Waals surface area contributed by atoms with Crippen LogP contribution in [-0.2, 0) is 32.0 Å². The van der Waals surface area contributed by atoms with Gasteiger partial charge in [-0.15, -0.1) is 0 Å². The number of aromatic amines is 1. The minimum absolute atomic E-state index is 0.0353. The lowest BCUT2D eigenvalue weighted by molar-refractivity contribution is -0.136. The number of hydrogen-bond donors (Lipinski definition) is 3. The highest BCUT2D eigenvalue weighted by Crippen LogP contribution is 2.27. The smallest absolute Gasteiger partial charge is 0.247 e. The number of nitrogens with zero attached hydrogens (tertiary/aromatic N) is 3. The van der Waals surface area contributed by atoms with E-state index in [1.165, 1.54) is 0 Å². The Kier molecular flexibility index (Phi) is 10.0. The quantitative estimate of drug-likeness (QED) is 0.165. The Balaban J connectivity index is 0.927. The molecule has 2 aliphatic rings. The molecule has 10 nitrogen and oxygen atoms in total. The van der Waals surface area contributed by atoms with Crippen molar-refractivity contribution >= 4 is 35.0 Å². The maximum absolute atomic E-state index is 13.2. The van der Waals surface area contributed by atoms with E-state index in [-0.39, 0.29) is 36.5 Å². The first-order chi connectivity index (χ1) is 24.9. The van der Waals surface area contributed by atoms with Crippen LogP contribution in [0, 0.1) is 0 Å². The van der Waals surface area contributed by atoms with Crippen molar-refractivity contribution in [2.24, 2.45) is 0 Å². The molecular weight excluding hydrogens is 640 g/mol. The maximum Gasteiger partial charge on any atom is 0.247 e. The molecule has 2 fully saturated rings. The first-order valence-corrected chi connectivity index (χ1v) is 17.5. The number of benzene rings is 4. The van der Waals surface area contributed by atoms with Crippen molar-refractivity contribution < 1.29 is 19.2 Å². The summed E-state index contributed by atoms with van der Waals surface area (Å²) < 4.78 is 0. The van der Waals surface area contributed by atoms with Crippen molar-refractivity contribution in [1.82, 2.24) is 19.8 Å². The Bertz CT molecular complexity index is 1850. The number of hydrogen-bond acceptors (Lipinski definition) is 5. The summed E-state index contributed by atoms with van der Waals surface area (Å²) >= 11 is 0. The van der Waals surface area contributed by atoms with Gasteiger partial charge >= 0.3 is 0 Å². The first-order valence-electron chi connectivity index (χ1n) is 17.5. The predicted octanol–water partition coefficient (Wildman–Crippen LogP) is 6.09. The summed E-state index contributed by atoms with van der Waals surface area (Å²) in [5.41, 5.74) is 5.75. The van der Waals surface area contributed by atoms with Crippen molar-refractivity contribution in [3.63, 3.8) is 0 Å². The second-order valence-electron chi connectivity index (χ2n) is 13.1. The molecule has 2 saturated heterocycles. The lowest BCUT2D eigenvalue weighted by atomic mass is 10.1. The standard InChI is InChI=1S/C41H40N6O4/c48-37(25-28-9-3-1-4-10-28)46-23-7-13-35(46)40(50)43-32-19-15-30(16-20-32)34-27-42-39(45-34)31-17-21-33(22-18-31)44-41(51)36-14-8-24-47(36)38(49)26-29-11-5-2-6-12-29/h1-6,9-12,15-22,27,35-36H,7-8,13-14,23-26H2,(H,42,45)(H,43,50)(H,44,51)/t35-,36-/m0/s1. The lowest BCUT2D eigenvalue weighted by Crippen LogP contribution is -2.43. The molecule has 4 amide bonds.